The van der Waals surface area contributed by atoms with E-state index < -0.39 is 16.0 Å². The normalized spacial score (nSPS) is 11.0. The molecule has 4 rings (SSSR count). The molecular formula is C26H22N4O4S. The molecule has 4 aromatic rings. The molecular weight excluding hydrogens is 464 g/mol. The van der Waals surface area contributed by atoms with Crippen molar-refractivity contribution in [3.8, 4) is 11.8 Å². The van der Waals surface area contributed by atoms with Crippen molar-refractivity contribution in [3.05, 3.63) is 107 Å². The summed E-state index contributed by atoms with van der Waals surface area (Å²) in [6.45, 7) is 1.50. The fourth-order valence-corrected chi connectivity index (χ4v) is 4.81. The van der Waals surface area contributed by atoms with Crippen molar-refractivity contribution in [2.75, 3.05) is 11.4 Å². The predicted molar refractivity (Wildman–Crippen MR) is 131 cm³/mol. The smallest absolute Gasteiger partial charge is 0.338 e. The van der Waals surface area contributed by atoms with Crippen LogP contribution in [0.3, 0.4) is 0 Å². The number of benzene rings is 3. The minimum Gasteiger partial charge on any atom is -0.456 e. The molecule has 1 aromatic heterocycles. The van der Waals surface area contributed by atoms with Crippen molar-refractivity contribution < 1.29 is 17.9 Å². The minimum atomic E-state index is -3.90. The number of aromatic nitrogens is 2. The number of carbonyl (C=O) groups excluding carboxylic acids is 1. The van der Waals surface area contributed by atoms with E-state index in [2.05, 4.69) is 11.2 Å². The highest BCUT2D eigenvalue weighted by atomic mass is 32.2. The Balaban J connectivity index is 1.58. The van der Waals surface area contributed by atoms with Crippen LogP contribution < -0.4 is 4.31 Å². The summed E-state index contributed by atoms with van der Waals surface area (Å²) in [5, 5.41) is 14.0. The lowest BCUT2D eigenvalue weighted by Gasteiger charge is -2.19. The molecule has 9 heteroatoms. The SMILES string of the molecule is Cc1nn(-c2ccccc2)c(COC(=O)c2cccc(S(=O)(=O)N(C)c3ccccc3)c2)c1C#N. The molecule has 8 nitrogen and oxygen atoms in total. The highest BCUT2D eigenvalue weighted by molar-refractivity contribution is 7.92. The molecule has 0 saturated carbocycles. The van der Waals surface area contributed by atoms with Gasteiger partial charge in [-0.2, -0.15) is 10.4 Å². The van der Waals surface area contributed by atoms with Gasteiger partial charge in [0.2, 0.25) is 0 Å². The third kappa shape index (κ3) is 4.78. The first-order valence-corrected chi connectivity index (χ1v) is 12.1. The van der Waals surface area contributed by atoms with E-state index in [9.17, 15) is 18.5 Å². The topological polar surface area (TPSA) is 105 Å². The van der Waals surface area contributed by atoms with Crippen molar-refractivity contribution in [2.24, 2.45) is 0 Å². The molecule has 0 N–H and O–H groups in total. The predicted octanol–water partition coefficient (Wildman–Crippen LogP) is 4.23. The molecule has 0 atom stereocenters. The zero-order valence-corrected chi connectivity index (χ0v) is 19.9. The Morgan fingerprint density at radius 3 is 2.34 bits per heavy atom. The maximum atomic E-state index is 13.1. The van der Waals surface area contributed by atoms with Crippen molar-refractivity contribution in [2.45, 2.75) is 18.4 Å². The third-order valence-corrected chi connectivity index (χ3v) is 7.24. The Labute approximate surface area is 203 Å². The first-order chi connectivity index (χ1) is 16.8. The molecule has 3 aromatic carbocycles. The van der Waals surface area contributed by atoms with Crippen molar-refractivity contribution in [1.29, 1.82) is 5.26 Å². The monoisotopic (exact) mass is 486 g/mol. The fourth-order valence-electron chi connectivity index (χ4n) is 3.57. The summed E-state index contributed by atoms with van der Waals surface area (Å²) in [6.07, 6.45) is 0. The summed E-state index contributed by atoms with van der Waals surface area (Å²) in [7, 11) is -2.45. The zero-order valence-electron chi connectivity index (χ0n) is 19.1. The second-order valence-corrected chi connectivity index (χ2v) is 9.65. The molecule has 0 fully saturated rings. The summed E-state index contributed by atoms with van der Waals surface area (Å²) < 4.78 is 34.4. The van der Waals surface area contributed by atoms with E-state index >= 15 is 0 Å². The lowest BCUT2D eigenvalue weighted by molar-refractivity contribution is 0.0464. The summed E-state index contributed by atoms with van der Waals surface area (Å²) in [6, 6.07) is 25.6. The number of nitrogens with zero attached hydrogens (tertiary/aromatic N) is 4. The molecule has 0 aliphatic carbocycles. The molecule has 0 saturated heterocycles. The standard InChI is InChI=1S/C26H22N4O4S/c1-19-24(17-27)25(30(28-19)22-13-7-4-8-14-22)18-34-26(31)20-10-9-15-23(16-20)35(32,33)29(2)21-11-5-3-6-12-21/h3-16H,18H2,1-2H3. The average Bonchev–Trinajstić information content (AvgIpc) is 3.22. The summed E-state index contributed by atoms with van der Waals surface area (Å²) >= 11 is 0. The number of carbonyl (C=O) groups is 1. The van der Waals surface area contributed by atoms with Gasteiger partial charge in [0.1, 0.15) is 18.2 Å². The van der Waals surface area contributed by atoms with Crippen molar-refractivity contribution in [3.63, 3.8) is 0 Å². The van der Waals surface area contributed by atoms with Crippen LogP contribution in [0.1, 0.15) is 27.3 Å². The molecule has 0 amide bonds. The molecule has 0 aliphatic heterocycles. The number of esters is 1. The maximum absolute atomic E-state index is 13.1. The number of rotatable bonds is 7. The Morgan fingerprint density at radius 1 is 1.03 bits per heavy atom. The first kappa shape index (κ1) is 23.7. The van der Waals surface area contributed by atoms with E-state index in [0.29, 0.717) is 22.6 Å². The number of hydrogen-bond donors (Lipinski definition) is 0. The zero-order chi connectivity index (χ0) is 25.0. The minimum absolute atomic E-state index is 0.0406. The van der Waals surface area contributed by atoms with Crippen LogP contribution in [-0.4, -0.2) is 31.2 Å². The first-order valence-electron chi connectivity index (χ1n) is 10.7. The second kappa shape index (κ2) is 9.83. The Bertz CT molecular complexity index is 1510. The number of aryl methyl sites for hydroxylation is 1. The summed E-state index contributed by atoms with van der Waals surface area (Å²) in [4.78, 5) is 12.8. The van der Waals surface area contributed by atoms with Crippen LogP contribution in [0.5, 0.6) is 0 Å². The van der Waals surface area contributed by atoms with Gasteiger partial charge in [0, 0.05) is 7.05 Å². The van der Waals surface area contributed by atoms with Crippen LogP contribution in [0.15, 0.2) is 89.8 Å². The molecule has 1 heterocycles. The van der Waals surface area contributed by atoms with Gasteiger partial charge < -0.3 is 4.74 Å². The number of para-hydroxylation sites is 2. The largest absolute Gasteiger partial charge is 0.456 e. The number of nitriles is 1. The summed E-state index contributed by atoms with van der Waals surface area (Å²) in [5.74, 6) is -0.716. The maximum Gasteiger partial charge on any atom is 0.338 e. The van der Waals surface area contributed by atoms with Crippen LogP contribution in [-0.2, 0) is 21.4 Å². The van der Waals surface area contributed by atoms with Gasteiger partial charge in [-0.25, -0.2) is 17.9 Å². The van der Waals surface area contributed by atoms with Crippen LogP contribution >= 0.6 is 0 Å². The molecule has 0 bridgehead atoms. The molecule has 0 unspecified atom stereocenters. The van der Waals surface area contributed by atoms with Gasteiger partial charge in [0.05, 0.1) is 33.2 Å². The Morgan fingerprint density at radius 2 is 1.69 bits per heavy atom. The van der Waals surface area contributed by atoms with Gasteiger partial charge in [-0.05, 0) is 49.4 Å². The van der Waals surface area contributed by atoms with Crippen LogP contribution in [0.4, 0.5) is 5.69 Å². The van der Waals surface area contributed by atoms with E-state index in [0.717, 1.165) is 9.99 Å². The van der Waals surface area contributed by atoms with Gasteiger partial charge in [0.15, 0.2) is 0 Å². The number of sulfonamides is 1. The highest BCUT2D eigenvalue weighted by Gasteiger charge is 2.23. The molecule has 0 spiro atoms. The van der Waals surface area contributed by atoms with Crippen LogP contribution in [0.25, 0.3) is 5.69 Å². The Hall–Kier alpha value is -4.42. The quantitative estimate of drug-likeness (QED) is 0.362. The molecule has 35 heavy (non-hydrogen) atoms. The number of anilines is 1. The Kier molecular flexibility index (Phi) is 6.66. The van der Waals surface area contributed by atoms with E-state index in [1.807, 2.05) is 30.3 Å². The number of ether oxygens (including phenoxy) is 1. The second-order valence-electron chi connectivity index (χ2n) is 7.68. The van der Waals surface area contributed by atoms with Crippen molar-refractivity contribution in [1.82, 2.24) is 9.78 Å². The molecule has 0 radical (unpaired) electrons. The van der Waals surface area contributed by atoms with E-state index in [-0.39, 0.29) is 17.1 Å². The summed E-state index contributed by atoms with van der Waals surface area (Å²) in [5.41, 5.74) is 2.56. The van der Waals surface area contributed by atoms with Crippen molar-refractivity contribution >= 4 is 21.7 Å². The lowest BCUT2D eigenvalue weighted by Crippen LogP contribution is -2.26. The van der Waals surface area contributed by atoms with Gasteiger partial charge >= 0.3 is 5.97 Å². The third-order valence-electron chi connectivity index (χ3n) is 5.46. The lowest BCUT2D eigenvalue weighted by atomic mass is 10.2. The van der Waals surface area contributed by atoms with E-state index in [1.165, 1.54) is 31.3 Å². The van der Waals surface area contributed by atoms with Crippen LogP contribution in [0, 0.1) is 18.3 Å². The highest BCUT2D eigenvalue weighted by Crippen LogP contribution is 2.23. The van der Waals surface area contributed by atoms with Gasteiger partial charge in [-0.1, -0.05) is 42.5 Å². The van der Waals surface area contributed by atoms with Gasteiger partial charge in [-0.3, -0.25) is 4.31 Å². The number of hydrogen-bond acceptors (Lipinski definition) is 6. The fraction of sp³-hybridized carbons (Fsp3) is 0.115. The molecule has 0 aliphatic rings. The van der Waals surface area contributed by atoms with E-state index in [4.69, 9.17) is 4.74 Å². The van der Waals surface area contributed by atoms with E-state index in [1.54, 1.807) is 41.9 Å². The molecule has 176 valence electrons. The van der Waals surface area contributed by atoms with Crippen LogP contribution in [0.2, 0.25) is 0 Å². The van der Waals surface area contributed by atoms with Gasteiger partial charge in [0.25, 0.3) is 10.0 Å². The van der Waals surface area contributed by atoms with Gasteiger partial charge in [-0.15, -0.1) is 0 Å². The average molecular weight is 487 g/mol.